The molecule has 0 saturated heterocycles. The van der Waals surface area contributed by atoms with E-state index < -0.39 is 30.2 Å². The van der Waals surface area contributed by atoms with Crippen molar-refractivity contribution in [2.75, 3.05) is 25.0 Å². The third-order valence-electron chi connectivity index (χ3n) is 4.51. The number of benzene rings is 2. The van der Waals surface area contributed by atoms with Gasteiger partial charge in [-0.25, -0.2) is 0 Å². The number of rotatable bonds is 5. The average Bonchev–Trinajstić information content (AvgIpc) is 2.96. The predicted octanol–water partition coefficient (Wildman–Crippen LogP) is 2.35. The highest BCUT2D eigenvalue weighted by Gasteiger charge is 2.38. The van der Waals surface area contributed by atoms with Crippen molar-refractivity contribution in [3.63, 3.8) is 0 Å². The van der Waals surface area contributed by atoms with Crippen LogP contribution in [0.15, 0.2) is 36.4 Å². The lowest BCUT2D eigenvalue weighted by Gasteiger charge is -2.24. The van der Waals surface area contributed by atoms with Crippen LogP contribution in [0.2, 0.25) is 10.0 Å². The minimum Gasteiger partial charge on any atom is -0.358 e. The van der Waals surface area contributed by atoms with E-state index in [4.69, 9.17) is 29.6 Å². The van der Waals surface area contributed by atoms with Crippen LogP contribution in [0.5, 0.6) is 0 Å². The second-order valence-corrected chi connectivity index (χ2v) is 7.17. The summed E-state index contributed by atoms with van der Waals surface area (Å²) >= 11 is 11.9. The molecule has 0 saturated carbocycles. The number of fused-ring (bicyclic) bond motifs is 1. The number of nitrogens with zero attached hydrogens (tertiary/aromatic N) is 2. The third kappa shape index (κ3) is 4.01. The molecule has 0 aromatic heterocycles. The standard InChI is InChI=1S/C21H15Cl2N3O4/c1-3-12-5-4-6-13(7-12)25(10-18(27)24-2)19(28)11-26-20(29)14-8-16(22)17(23)9-15(14)21(26)30/h1,4-9H,10-11H2,2H3,(H,24,27). The van der Waals surface area contributed by atoms with Crippen LogP contribution in [0.3, 0.4) is 0 Å². The summed E-state index contributed by atoms with van der Waals surface area (Å²) in [5, 5.41) is 2.68. The van der Waals surface area contributed by atoms with Gasteiger partial charge in [-0.05, 0) is 30.3 Å². The van der Waals surface area contributed by atoms with Crippen molar-refractivity contribution in [1.29, 1.82) is 0 Å². The molecular formula is C21H15Cl2N3O4. The van der Waals surface area contributed by atoms with Crippen LogP contribution in [0, 0.1) is 12.3 Å². The monoisotopic (exact) mass is 443 g/mol. The molecule has 4 amide bonds. The van der Waals surface area contributed by atoms with E-state index in [1.807, 2.05) is 0 Å². The molecule has 9 heteroatoms. The second-order valence-electron chi connectivity index (χ2n) is 6.36. The SMILES string of the molecule is C#Cc1cccc(N(CC(=O)NC)C(=O)CN2C(=O)c3cc(Cl)c(Cl)cc3C2=O)c1. The summed E-state index contributed by atoms with van der Waals surface area (Å²) < 4.78 is 0. The first kappa shape index (κ1) is 21.4. The number of likely N-dealkylation sites (N-methyl/N-ethyl adjacent to an activating group) is 1. The zero-order chi connectivity index (χ0) is 22.0. The van der Waals surface area contributed by atoms with Crippen molar-refractivity contribution in [2.45, 2.75) is 0 Å². The van der Waals surface area contributed by atoms with E-state index in [1.54, 1.807) is 24.3 Å². The number of hydrogen-bond acceptors (Lipinski definition) is 4. The molecule has 152 valence electrons. The first-order valence-electron chi connectivity index (χ1n) is 8.69. The number of carbonyl (C=O) groups is 4. The van der Waals surface area contributed by atoms with Crippen LogP contribution in [0.25, 0.3) is 0 Å². The highest BCUT2D eigenvalue weighted by molar-refractivity contribution is 6.43. The molecule has 7 nitrogen and oxygen atoms in total. The van der Waals surface area contributed by atoms with Gasteiger partial charge in [0.1, 0.15) is 13.1 Å². The van der Waals surface area contributed by atoms with Gasteiger partial charge in [0.05, 0.1) is 21.2 Å². The molecule has 0 radical (unpaired) electrons. The first-order chi connectivity index (χ1) is 14.3. The maximum atomic E-state index is 13.0. The van der Waals surface area contributed by atoms with Crippen LogP contribution in [0.1, 0.15) is 26.3 Å². The highest BCUT2D eigenvalue weighted by atomic mass is 35.5. The lowest BCUT2D eigenvalue weighted by molar-refractivity contribution is -0.123. The van der Waals surface area contributed by atoms with Gasteiger partial charge in [0, 0.05) is 18.3 Å². The zero-order valence-electron chi connectivity index (χ0n) is 15.7. The minimum atomic E-state index is -0.667. The molecule has 2 aromatic carbocycles. The number of anilines is 1. The van der Waals surface area contributed by atoms with E-state index in [2.05, 4.69) is 11.2 Å². The summed E-state index contributed by atoms with van der Waals surface area (Å²) in [6.07, 6.45) is 5.41. The Morgan fingerprint density at radius 1 is 1.10 bits per heavy atom. The van der Waals surface area contributed by atoms with Gasteiger partial charge in [0.25, 0.3) is 11.8 Å². The molecule has 0 atom stereocenters. The molecule has 1 heterocycles. The van der Waals surface area contributed by atoms with Gasteiger partial charge in [-0.3, -0.25) is 24.1 Å². The van der Waals surface area contributed by atoms with Crippen molar-refractivity contribution in [3.8, 4) is 12.3 Å². The summed E-state index contributed by atoms with van der Waals surface area (Å²) in [6.45, 7) is -0.886. The number of hydrogen-bond donors (Lipinski definition) is 1. The van der Waals surface area contributed by atoms with E-state index in [0.717, 1.165) is 9.80 Å². The maximum absolute atomic E-state index is 13.0. The Labute approximate surface area is 182 Å². The maximum Gasteiger partial charge on any atom is 0.262 e. The highest BCUT2D eigenvalue weighted by Crippen LogP contribution is 2.31. The predicted molar refractivity (Wildman–Crippen MR) is 113 cm³/mol. The first-order valence-corrected chi connectivity index (χ1v) is 9.45. The molecule has 30 heavy (non-hydrogen) atoms. The van der Waals surface area contributed by atoms with E-state index in [9.17, 15) is 19.2 Å². The summed E-state index contributed by atoms with van der Waals surface area (Å²) in [5.41, 5.74) is 0.998. The molecule has 1 aliphatic rings. The minimum absolute atomic E-state index is 0.0642. The number of carbonyl (C=O) groups excluding carboxylic acids is 4. The summed E-state index contributed by atoms with van der Waals surface area (Å²) in [5.74, 6) is 0.0469. The Balaban J connectivity index is 1.90. The molecule has 2 aromatic rings. The lowest BCUT2D eigenvalue weighted by Crippen LogP contribution is -2.46. The van der Waals surface area contributed by atoms with Crippen LogP contribution in [-0.2, 0) is 9.59 Å². The fraction of sp³-hybridized carbons (Fsp3) is 0.143. The molecule has 0 fully saturated rings. The smallest absolute Gasteiger partial charge is 0.262 e. The van der Waals surface area contributed by atoms with Crippen LogP contribution in [-0.4, -0.2) is 48.7 Å². The summed E-state index contributed by atoms with van der Waals surface area (Å²) in [7, 11) is 1.43. The summed E-state index contributed by atoms with van der Waals surface area (Å²) in [4.78, 5) is 52.3. The molecule has 0 aliphatic carbocycles. The Kier molecular flexibility index (Phi) is 6.11. The van der Waals surface area contributed by atoms with E-state index in [-0.39, 0.29) is 27.7 Å². The molecule has 1 aliphatic heterocycles. The average molecular weight is 444 g/mol. The summed E-state index contributed by atoms with van der Waals surface area (Å²) in [6, 6.07) is 9.06. The topological polar surface area (TPSA) is 86.8 Å². The normalized spacial score (nSPS) is 12.4. The number of terminal acetylenes is 1. The number of nitrogens with one attached hydrogen (secondary N) is 1. The Hall–Kier alpha value is -3.34. The second kappa shape index (κ2) is 8.57. The van der Waals surface area contributed by atoms with Gasteiger partial charge in [-0.1, -0.05) is 35.2 Å². The molecule has 0 unspecified atom stereocenters. The fourth-order valence-electron chi connectivity index (χ4n) is 2.96. The Morgan fingerprint density at radius 3 is 2.23 bits per heavy atom. The molecular weight excluding hydrogens is 429 g/mol. The third-order valence-corrected chi connectivity index (χ3v) is 5.23. The largest absolute Gasteiger partial charge is 0.358 e. The zero-order valence-corrected chi connectivity index (χ0v) is 17.3. The molecule has 0 bridgehead atoms. The molecule has 0 spiro atoms. The van der Waals surface area contributed by atoms with Crippen molar-refractivity contribution < 1.29 is 19.2 Å². The molecule has 3 rings (SSSR count). The van der Waals surface area contributed by atoms with Gasteiger partial charge in [-0.2, -0.15) is 0 Å². The van der Waals surface area contributed by atoms with E-state index in [0.29, 0.717) is 11.3 Å². The fourth-order valence-corrected chi connectivity index (χ4v) is 3.28. The van der Waals surface area contributed by atoms with E-state index >= 15 is 0 Å². The van der Waals surface area contributed by atoms with Crippen molar-refractivity contribution in [3.05, 3.63) is 63.1 Å². The number of imide groups is 1. The van der Waals surface area contributed by atoms with Crippen LogP contribution >= 0.6 is 23.2 Å². The number of amides is 4. The van der Waals surface area contributed by atoms with Gasteiger partial charge in [0.2, 0.25) is 11.8 Å². The van der Waals surface area contributed by atoms with Gasteiger partial charge >= 0.3 is 0 Å². The Morgan fingerprint density at radius 2 is 1.70 bits per heavy atom. The van der Waals surface area contributed by atoms with Crippen molar-refractivity contribution >= 4 is 52.5 Å². The Bertz CT molecular complexity index is 1080. The molecule has 1 N–H and O–H groups in total. The van der Waals surface area contributed by atoms with Gasteiger partial charge < -0.3 is 10.2 Å². The van der Waals surface area contributed by atoms with Crippen LogP contribution < -0.4 is 10.2 Å². The quantitative estimate of drug-likeness (QED) is 0.567. The lowest BCUT2D eigenvalue weighted by atomic mass is 10.1. The van der Waals surface area contributed by atoms with Crippen molar-refractivity contribution in [2.24, 2.45) is 0 Å². The van der Waals surface area contributed by atoms with Gasteiger partial charge in [0.15, 0.2) is 0 Å². The van der Waals surface area contributed by atoms with Crippen LogP contribution in [0.4, 0.5) is 5.69 Å². The van der Waals surface area contributed by atoms with Gasteiger partial charge in [-0.15, -0.1) is 6.42 Å². The van der Waals surface area contributed by atoms with E-state index in [1.165, 1.54) is 19.2 Å². The number of halogens is 2. The van der Waals surface area contributed by atoms with Crippen molar-refractivity contribution in [1.82, 2.24) is 10.2 Å².